The second kappa shape index (κ2) is 5.71. The first-order valence-electron chi connectivity index (χ1n) is 6.08. The molecule has 5 heteroatoms. The van der Waals surface area contributed by atoms with Gasteiger partial charge < -0.3 is 16.0 Å². The summed E-state index contributed by atoms with van der Waals surface area (Å²) in [6, 6.07) is 5.24. The van der Waals surface area contributed by atoms with E-state index in [4.69, 9.17) is 5.73 Å². The van der Waals surface area contributed by atoms with E-state index in [1.165, 1.54) is 0 Å². The molecule has 0 aromatic heterocycles. The third-order valence-corrected chi connectivity index (χ3v) is 3.99. The summed E-state index contributed by atoms with van der Waals surface area (Å²) in [5.41, 5.74) is 6.98. The molecular formula is C13H18BrN3O. The molecule has 98 valence electrons. The molecule has 0 spiro atoms. The SMILES string of the molecule is CN1CCC(CNC(=O)c2ccc(N)c(Br)c2)C1. The molecule has 0 saturated carbocycles. The molecule has 1 saturated heterocycles. The number of hydrogen-bond acceptors (Lipinski definition) is 3. The number of nitrogens with two attached hydrogens (primary N) is 1. The molecule has 1 heterocycles. The fourth-order valence-corrected chi connectivity index (χ4v) is 2.58. The predicted octanol–water partition coefficient (Wildman–Crippen LogP) is 1.71. The summed E-state index contributed by atoms with van der Waals surface area (Å²) < 4.78 is 0.760. The van der Waals surface area contributed by atoms with Crippen LogP contribution in [-0.4, -0.2) is 37.5 Å². The van der Waals surface area contributed by atoms with Gasteiger partial charge >= 0.3 is 0 Å². The first kappa shape index (κ1) is 13.4. The zero-order valence-electron chi connectivity index (χ0n) is 10.4. The number of benzene rings is 1. The van der Waals surface area contributed by atoms with Crippen molar-refractivity contribution in [2.24, 2.45) is 5.92 Å². The van der Waals surface area contributed by atoms with Gasteiger partial charge in [0.25, 0.3) is 5.91 Å². The zero-order chi connectivity index (χ0) is 13.1. The lowest BCUT2D eigenvalue weighted by atomic mass is 10.1. The number of nitrogens with zero attached hydrogens (tertiary/aromatic N) is 1. The van der Waals surface area contributed by atoms with Crippen LogP contribution < -0.4 is 11.1 Å². The number of anilines is 1. The maximum atomic E-state index is 12.0. The second-order valence-electron chi connectivity index (χ2n) is 4.86. The Morgan fingerprint density at radius 1 is 1.61 bits per heavy atom. The molecule has 1 amide bonds. The summed E-state index contributed by atoms with van der Waals surface area (Å²) in [6.45, 7) is 2.92. The molecule has 1 unspecified atom stereocenters. The maximum absolute atomic E-state index is 12.0. The lowest BCUT2D eigenvalue weighted by molar-refractivity contribution is 0.0947. The highest BCUT2D eigenvalue weighted by atomic mass is 79.9. The van der Waals surface area contributed by atoms with Crippen molar-refractivity contribution < 1.29 is 4.79 Å². The van der Waals surface area contributed by atoms with Crippen molar-refractivity contribution in [3.05, 3.63) is 28.2 Å². The van der Waals surface area contributed by atoms with Gasteiger partial charge in [0.2, 0.25) is 0 Å². The second-order valence-corrected chi connectivity index (χ2v) is 5.72. The molecule has 1 aromatic rings. The molecular weight excluding hydrogens is 294 g/mol. The first-order valence-corrected chi connectivity index (χ1v) is 6.87. The largest absolute Gasteiger partial charge is 0.398 e. The third kappa shape index (κ3) is 3.23. The van der Waals surface area contributed by atoms with Gasteiger partial charge in [0.05, 0.1) is 0 Å². The summed E-state index contributed by atoms with van der Waals surface area (Å²) >= 11 is 3.33. The van der Waals surface area contributed by atoms with E-state index in [-0.39, 0.29) is 5.91 Å². The number of hydrogen-bond donors (Lipinski definition) is 2. The van der Waals surface area contributed by atoms with Crippen LogP contribution >= 0.6 is 15.9 Å². The van der Waals surface area contributed by atoms with Crippen molar-refractivity contribution >= 4 is 27.5 Å². The fraction of sp³-hybridized carbons (Fsp3) is 0.462. The van der Waals surface area contributed by atoms with Crippen LogP contribution in [0.2, 0.25) is 0 Å². The summed E-state index contributed by atoms with van der Waals surface area (Å²) in [7, 11) is 2.11. The number of likely N-dealkylation sites (tertiary alicyclic amines) is 1. The number of carbonyl (C=O) groups excluding carboxylic acids is 1. The van der Waals surface area contributed by atoms with Crippen molar-refractivity contribution in [2.45, 2.75) is 6.42 Å². The topological polar surface area (TPSA) is 58.4 Å². The summed E-state index contributed by atoms with van der Waals surface area (Å²) in [6.07, 6.45) is 1.15. The number of amides is 1. The van der Waals surface area contributed by atoms with Gasteiger partial charge in [0, 0.05) is 28.8 Å². The van der Waals surface area contributed by atoms with E-state index in [0.29, 0.717) is 17.2 Å². The van der Waals surface area contributed by atoms with E-state index < -0.39 is 0 Å². The zero-order valence-corrected chi connectivity index (χ0v) is 12.0. The Kier molecular flexibility index (Phi) is 4.24. The molecule has 1 atom stereocenters. The minimum atomic E-state index is -0.0368. The maximum Gasteiger partial charge on any atom is 0.251 e. The van der Waals surface area contributed by atoms with E-state index in [0.717, 1.165) is 30.5 Å². The van der Waals surface area contributed by atoms with Crippen LogP contribution in [0.15, 0.2) is 22.7 Å². The Balaban J connectivity index is 1.89. The number of carbonyl (C=O) groups is 1. The lowest BCUT2D eigenvalue weighted by Gasteiger charge is -2.12. The average Bonchev–Trinajstić information content (AvgIpc) is 2.75. The van der Waals surface area contributed by atoms with Gasteiger partial charge in [0.15, 0.2) is 0 Å². The van der Waals surface area contributed by atoms with Gasteiger partial charge in [-0.2, -0.15) is 0 Å². The van der Waals surface area contributed by atoms with Crippen LogP contribution in [0.5, 0.6) is 0 Å². The predicted molar refractivity (Wildman–Crippen MR) is 76.5 cm³/mol. The minimum Gasteiger partial charge on any atom is -0.398 e. The van der Waals surface area contributed by atoms with Crippen molar-refractivity contribution in [3.8, 4) is 0 Å². The molecule has 0 radical (unpaired) electrons. The smallest absolute Gasteiger partial charge is 0.251 e. The Morgan fingerprint density at radius 3 is 3.00 bits per heavy atom. The standard InChI is InChI=1S/C13H18BrN3O/c1-17-5-4-9(8-17)7-16-13(18)10-2-3-12(15)11(14)6-10/h2-3,6,9H,4-5,7-8,15H2,1H3,(H,16,18). The molecule has 1 aliphatic heterocycles. The van der Waals surface area contributed by atoms with Crippen LogP contribution in [0.1, 0.15) is 16.8 Å². The Morgan fingerprint density at radius 2 is 2.39 bits per heavy atom. The van der Waals surface area contributed by atoms with Crippen LogP contribution in [0, 0.1) is 5.92 Å². The van der Waals surface area contributed by atoms with E-state index in [1.807, 2.05) is 0 Å². The summed E-state index contributed by atoms with van der Waals surface area (Å²) in [5, 5.41) is 2.98. The van der Waals surface area contributed by atoms with E-state index >= 15 is 0 Å². The highest BCUT2D eigenvalue weighted by Crippen LogP contribution is 2.20. The van der Waals surface area contributed by atoms with E-state index in [1.54, 1.807) is 18.2 Å². The summed E-state index contributed by atoms with van der Waals surface area (Å²) in [4.78, 5) is 14.2. The van der Waals surface area contributed by atoms with Gasteiger partial charge in [0.1, 0.15) is 0 Å². The molecule has 2 rings (SSSR count). The molecule has 0 bridgehead atoms. The molecule has 0 aliphatic carbocycles. The van der Waals surface area contributed by atoms with Gasteiger partial charge in [-0.15, -0.1) is 0 Å². The van der Waals surface area contributed by atoms with Gasteiger partial charge in [-0.3, -0.25) is 4.79 Å². The lowest BCUT2D eigenvalue weighted by Crippen LogP contribution is -2.30. The molecule has 1 aliphatic rings. The van der Waals surface area contributed by atoms with E-state index in [2.05, 4.69) is 33.2 Å². The number of halogens is 1. The Labute approximate surface area is 116 Å². The average molecular weight is 312 g/mol. The highest BCUT2D eigenvalue weighted by molar-refractivity contribution is 9.10. The Bertz CT molecular complexity index is 450. The van der Waals surface area contributed by atoms with Crippen molar-refractivity contribution in [3.63, 3.8) is 0 Å². The van der Waals surface area contributed by atoms with Crippen LogP contribution in [0.3, 0.4) is 0 Å². The van der Waals surface area contributed by atoms with Crippen molar-refractivity contribution in [2.75, 3.05) is 32.4 Å². The van der Waals surface area contributed by atoms with Crippen LogP contribution in [0.25, 0.3) is 0 Å². The van der Waals surface area contributed by atoms with Crippen molar-refractivity contribution in [1.29, 1.82) is 0 Å². The number of rotatable bonds is 3. The van der Waals surface area contributed by atoms with Crippen molar-refractivity contribution in [1.82, 2.24) is 10.2 Å². The molecule has 3 N–H and O–H groups in total. The quantitative estimate of drug-likeness (QED) is 0.836. The normalized spacial score (nSPS) is 20.0. The first-order chi connectivity index (χ1) is 8.56. The minimum absolute atomic E-state index is 0.0368. The van der Waals surface area contributed by atoms with Crippen LogP contribution in [0.4, 0.5) is 5.69 Å². The third-order valence-electron chi connectivity index (χ3n) is 3.30. The summed E-state index contributed by atoms with van der Waals surface area (Å²) in [5.74, 6) is 0.529. The molecule has 4 nitrogen and oxygen atoms in total. The monoisotopic (exact) mass is 311 g/mol. The van der Waals surface area contributed by atoms with E-state index in [9.17, 15) is 4.79 Å². The fourth-order valence-electron chi connectivity index (χ4n) is 2.20. The molecule has 1 fully saturated rings. The Hall–Kier alpha value is -1.07. The highest BCUT2D eigenvalue weighted by Gasteiger charge is 2.20. The van der Waals surface area contributed by atoms with Gasteiger partial charge in [-0.05, 0) is 60.1 Å². The van der Waals surface area contributed by atoms with Crippen LogP contribution in [-0.2, 0) is 0 Å². The van der Waals surface area contributed by atoms with Gasteiger partial charge in [-0.25, -0.2) is 0 Å². The van der Waals surface area contributed by atoms with Gasteiger partial charge in [-0.1, -0.05) is 0 Å². The number of nitrogens with one attached hydrogen (secondary N) is 1. The molecule has 18 heavy (non-hydrogen) atoms. The molecule has 1 aromatic carbocycles. The number of nitrogen functional groups attached to an aromatic ring is 1.